The van der Waals surface area contributed by atoms with Crippen LogP contribution in [-0.4, -0.2) is 60.2 Å². The van der Waals surface area contributed by atoms with Crippen molar-refractivity contribution in [3.05, 3.63) is 0 Å². The zero-order chi connectivity index (χ0) is 24.4. The molecule has 0 aromatic rings. The number of aliphatic hydroxyl groups excluding tert-OH is 2. The Labute approximate surface area is 173 Å². The SMILES string of the molecule is CCC(C)(C)C(=O)OCC(F)(F)C(O)C(F)(F)F.CCC(C)(C)C(=O)OCCCO. The first-order valence-corrected chi connectivity index (χ1v) is 9.47. The van der Waals surface area contributed by atoms with E-state index in [1.165, 1.54) is 13.8 Å². The van der Waals surface area contributed by atoms with Gasteiger partial charge in [-0.25, -0.2) is 0 Å². The summed E-state index contributed by atoms with van der Waals surface area (Å²) in [7, 11) is 0. The molecule has 2 N–H and O–H groups in total. The van der Waals surface area contributed by atoms with Gasteiger partial charge in [0.15, 0.2) is 6.61 Å². The third kappa shape index (κ3) is 11.1. The van der Waals surface area contributed by atoms with Crippen molar-refractivity contribution < 1.29 is 51.2 Å². The molecule has 6 nitrogen and oxygen atoms in total. The minimum Gasteiger partial charge on any atom is -0.465 e. The van der Waals surface area contributed by atoms with Gasteiger partial charge in [0.2, 0.25) is 6.10 Å². The number of alkyl halides is 5. The summed E-state index contributed by atoms with van der Waals surface area (Å²) < 4.78 is 70.6. The third-order valence-corrected chi connectivity index (χ3v) is 4.51. The molecule has 1 unspecified atom stereocenters. The molecule has 0 fully saturated rings. The second kappa shape index (κ2) is 12.4. The Morgan fingerprint density at radius 2 is 1.27 bits per heavy atom. The van der Waals surface area contributed by atoms with E-state index in [0.717, 1.165) is 6.42 Å². The van der Waals surface area contributed by atoms with Crippen LogP contribution in [0.5, 0.6) is 0 Å². The van der Waals surface area contributed by atoms with Crippen molar-refractivity contribution >= 4 is 11.9 Å². The van der Waals surface area contributed by atoms with Crippen molar-refractivity contribution in [2.75, 3.05) is 19.8 Å². The Kier molecular flexibility index (Phi) is 12.7. The fourth-order valence-corrected chi connectivity index (χ4v) is 1.39. The van der Waals surface area contributed by atoms with Crippen LogP contribution in [0.15, 0.2) is 0 Å². The van der Waals surface area contributed by atoms with Crippen LogP contribution in [0.25, 0.3) is 0 Å². The van der Waals surface area contributed by atoms with E-state index in [-0.39, 0.29) is 19.0 Å². The number of hydrogen-bond acceptors (Lipinski definition) is 6. The third-order valence-electron chi connectivity index (χ3n) is 4.51. The minimum absolute atomic E-state index is 0.0693. The van der Waals surface area contributed by atoms with Crippen molar-refractivity contribution in [2.45, 2.75) is 79.0 Å². The van der Waals surface area contributed by atoms with Crippen LogP contribution in [0.3, 0.4) is 0 Å². The normalized spacial score (nSPS) is 13.8. The molecule has 0 bridgehead atoms. The standard InChI is InChI=1S/C10H15F5O3.C9H18O3/c1-4-8(2,3)7(17)18-5-9(11,12)6(16)10(13,14)15;1-4-9(2,3)8(11)12-7-5-6-10/h6,16H,4-5H2,1-3H3;10H,4-7H2,1-3H3. The Balaban J connectivity index is 0. The van der Waals surface area contributed by atoms with E-state index in [9.17, 15) is 31.5 Å². The summed E-state index contributed by atoms with van der Waals surface area (Å²) in [6.45, 7) is 8.66. The molecule has 11 heteroatoms. The fourth-order valence-electron chi connectivity index (χ4n) is 1.39. The molecule has 1 atom stereocenters. The lowest BCUT2D eigenvalue weighted by atomic mass is 9.91. The number of halogens is 5. The van der Waals surface area contributed by atoms with Crippen molar-refractivity contribution in [3.8, 4) is 0 Å². The number of aliphatic hydroxyl groups is 2. The molecule has 180 valence electrons. The molecule has 0 heterocycles. The first kappa shape index (κ1) is 30.7. The molecular formula is C19H33F5O6. The van der Waals surface area contributed by atoms with Gasteiger partial charge in [0, 0.05) is 13.0 Å². The summed E-state index contributed by atoms with van der Waals surface area (Å²) in [6.07, 6.45) is -7.77. The zero-order valence-corrected chi connectivity index (χ0v) is 18.2. The van der Waals surface area contributed by atoms with Gasteiger partial charge < -0.3 is 19.7 Å². The molecule has 30 heavy (non-hydrogen) atoms. The summed E-state index contributed by atoms with van der Waals surface area (Å²) in [5, 5.41) is 16.9. The van der Waals surface area contributed by atoms with Crippen LogP contribution < -0.4 is 0 Å². The van der Waals surface area contributed by atoms with Gasteiger partial charge in [-0.15, -0.1) is 0 Å². The molecule has 0 radical (unpaired) electrons. The largest absolute Gasteiger partial charge is 0.465 e. The molecule has 0 aromatic heterocycles. The summed E-state index contributed by atoms with van der Waals surface area (Å²) >= 11 is 0. The van der Waals surface area contributed by atoms with E-state index in [2.05, 4.69) is 4.74 Å². The summed E-state index contributed by atoms with van der Waals surface area (Å²) in [6, 6.07) is 0. The van der Waals surface area contributed by atoms with Crippen molar-refractivity contribution in [1.29, 1.82) is 0 Å². The van der Waals surface area contributed by atoms with E-state index >= 15 is 0 Å². The number of carbonyl (C=O) groups is 2. The highest BCUT2D eigenvalue weighted by atomic mass is 19.4. The molecule has 0 saturated carbocycles. The Bertz CT molecular complexity index is 532. The van der Waals surface area contributed by atoms with Gasteiger partial charge in [-0.05, 0) is 40.5 Å². The summed E-state index contributed by atoms with van der Waals surface area (Å²) in [4.78, 5) is 22.6. The van der Waals surface area contributed by atoms with Crippen LogP contribution in [0.1, 0.15) is 60.8 Å². The van der Waals surface area contributed by atoms with Crippen LogP contribution in [0.4, 0.5) is 22.0 Å². The number of carbonyl (C=O) groups excluding carboxylic acids is 2. The minimum atomic E-state index is -5.48. The molecule has 0 aliphatic carbocycles. The van der Waals surface area contributed by atoms with Gasteiger partial charge in [-0.1, -0.05) is 13.8 Å². The van der Waals surface area contributed by atoms with Gasteiger partial charge in [-0.2, -0.15) is 22.0 Å². The predicted octanol–water partition coefficient (Wildman–Crippen LogP) is 3.87. The number of hydrogen-bond donors (Lipinski definition) is 2. The Morgan fingerprint density at radius 3 is 1.60 bits per heavy atom. The highest BCUT2D eigenvalue weighted by Gasteiger charge is 2.56. The lowest BCUT2D eigenvalue weighted by Gasteiger charge is -2.26. The number of esters is 2. The van der Waals surface area contributed by atoms with E-state index in [0.29, 0.717) is 13.0 Å². The average molecular weight is 452 g/mol. The van der Waals surface area contributed by atoms with Gasteiger partial charge in [0.05, 0.1) is 17.4 Å². The lowest BCUT2D eigenvalue weighted by molar-refractivity contribution is -0.278. The maximum Gasteiger partial charge on any atom is 0.420 e. The number of rotatable bonds is 10. The molecular weight excluding hydrogens is 419 g/mol. The topological polar surface area (TPSA) is 93.1 Å². The zero-order valence-electron chi connectivity index (χ0n) is 18.2. The lowest BCUT2D eigenvalue weighted by Crippen LogP contribution is -2.48. The number of ether oxygens (including phenoxy) is 2. The second-order valence-electron chi connectivity index (χ2n) is 7.97. The molecule has 0 aromatic carbocycles. The van der Waals surface area contributed by atoms with Crippen molar-refractivity contribution in [2.24, 2.45) is 10.8 Å². The van der Waals surface area contributed by atoms with Gasteiger partial charge in [0.25, 0.3) is 0 Å². The fraction of sp³-hybridized carbons (Fsp3) is 0.895. The molecule has 0 spiro atoms. The quantitative estimate of drug-likeness (QED) is 0.297. The Morgan fingerprint density at radius 1 is 0.867 bits per heavy atom. The average Bonchev–Trinajstić information content (AvgIpc) is 2.65. The molecule has 0 saturated heterocycles. The smallest absolute Gasteiger partial charge is 0.420 e. The van der Waals surface area contributed by atoms with Gasteiger partial charge in [-0.3, -0.25) is 9.59 Å². The Hall–Kier alpha value is -1.49. The molecule has 0 aliphatic heterocycles. The highest BCUT2D eigenvalue weighted by molar-refractivity contribution is 5.76. The monoisotopic (exact) mass is 452 g/mol. The van der Waals surface area contributed by atoms with Crippen LogP contribution >= 0.6 is 0 Å². The maximum atomic E-state index is 12.9. The second-order valence-corrected chi connectivity index (χ2v) is 7.97. The van der Waals surface area contributed by atoms with Crippen molar-refractivity contribution in [3.63, 3.8) is 0 Å². The van der Waals surface area contributed by atoms with Crippen molar-refractivity contribution in [1.82, 2.24) is 0 Å². The highest BCUT2D eigenvalue weighted by Crippen LogP contribution is 2.33. The van der Waals surface area contributed by atoms with E-state index in [1.807, 2.05) is 20.8 Å². The first-order valence-electron chi connectivity index (χ1n) is 9.47. The van der Waals surface area contributed by atoms with E-state index in [4.69, 9.17) is 14.9 Å². The van der Waals surface area contributed by atoms with Crippen LogP contribution in [0, 0.1) is 10.8 Å². The van der Waals surface area contributed by atoms with Crippen LogP contribution in [0.2, 0.25) is 0 Å². The summed E-state index contributed by atoms with van der Waals surface area (Å²) in [5.41, 5.74) is -1.46. The van der Waals surface area contributed by atoms with Gasteiger partial charge >= 0.3 is 24.0 Å². The molecule has 0 aliphatic rings. The van der Waals surface area contributed by atoms with E-state index in [1.54, 1.807) is 6.92 Å². The predicted molar refractivity (Wildman–Crippen MR) is 98.8 cm³/mol. The van der Waals surface area contributed by atoms with E-state index < -0.39 is 41.6 Å². The first-order chi connectivity index (χ1) is 13.4. The molecule has 0 amide bonds. The summed E-state index contributed by atoms with van der Waals surface area (Å²) in [5.74, 6) is -5.80. The molecule has 0 rings (SSSR count). The van der Waals surface area contributed by atoms with Crippen LogP contribution in [-0.2, 0) is 19.1 Å². The maximum absolute atomic E-state index is 12.9. The van der Waals surface area contributed by atoms with Gasteiger partial charge in [0.1, 0.15) is 0 Å².